The maximum absolute atomic E-state index is 5.61. The van der Waals surface area contributed by atoms with Gasteiger partial charge in [0.05, 0.1) is 15.1 Å². The average Bonchev–Trinajstić information content (AvgIpc) is 1.83. The summed E-state index contributed by atoms with van der Waals surface area (Å²) < 4.78 is 0. The van der Waals surface area contributed by atoms with E-state index in [2.05, 4.69) is 0 Å². The third-order valence-electron chi connectivity index (χ3n) is 0.904. The molecule has 0 saturated carbocycles. The molecule has 0 saturated heterocycles. The molecule has 0 aliphatic heterocycles. The van der Waals surface area contributed by atoms with Crippen molar-refractivity contribution in [3.05, 3.63) is 33.3 Å². The second-order valence-electron chi connectivity index (χ2n) is 1.54. The van der Waals surface area contributed by atoms with E-state index in [1.54, 1.807) is 18.2 Å². The molecule has 10 heavy (non-hydrogen) atoms. The third-order valence-corrected chi connectivity index (χ3v) is 2.14. The number of benzene rings is 1. The van der Waals surface area contributed by atoms with Crippen LogP contribution in [0.3, 0.4) is 0 Å². The molecule has 0 radical (unpaired) electrons. The van der Waals surface area contributed by atoms with Crippen molar-refractivity contribution in [3.63, 3.8) is 0 Å². The van der Waals surface area contributed by atoms with Gasteiger partial charge in [-0.25, -0.2) is 0 Å². The molecule has 1 aromatic carbocycles. The Hall–Kier alpha value is 1.09. The van der Waals surface area contributed by atoms with Crippen LogP contribution in [-0.2, 0) is 0 Å². The standard InChI is InChI=1S/C6H3Cl3.Na.H/c7-4-2-1-3-5(8)6(4)9;;/h1-3H;;. The monoisotopic (exact) mass is 204 g/mol. The van der Waals surface area contributed by atoms with Crippen molar-refractivity contribution >= 4 is 64.4 Å². The fraction of sp³-hybridized carbons (Fsp3) is 0. The van der Waals surface area contributed by atoms with Crippen molar-refractivity contribution in [2.75, 3.05) is 0 Å². The molecule has 0 aliphatic carbocycles. The fourth-order valence-corrected chi connectivity index (χ4v) is 1.00. The predicted octanol–water partition coefficient (Wildman–Crippen LogP) is 3.00. The van der Waals surface area contributed by atoms with Crippen LogP contribution in [0.4, 0.5) is 0 Å². The number of rotatable bonds is 0. The first-order valence-electron chi connectivity index (χ1n) is 2.31. The van der Waals surface area contributed by atoms with Gasteiger partial charge in [0.15, 0.2) is 0 Å². The van der Waals surface area contributed by atoms with Crippen LogP contribution in [0.1, 0.15) is 0 Å². The quantitative estimate of drug-likeness (QED) is 0.451. The summed E-state index contributed by atoms with van der Waals surface area (Å²) in [6.07, 6.45) is 0. The van der Waals surface area contributed by atoms with E-state index in [9.17, 15) is 0 Å². The zero-order chi connectivity index (χ0) is 6.85. The molecule has 1 rings (SSSR count). The summed E-state index contributed by atoms with van der Waals surface area (Å²) in [6.45, 7) is 0. The van der Waals surface area contributed by atoms with E-state index in [4.69, 9.17) is 34.8 Å². The van der Waals surface area contributed by atoms with E-state index in [0.717, 1.165) is 0 Å². The van der Waals surface area contributed by atoms with Gasteiger partial charge in [-0.3, -0.25) is 0 Å². The van der Waals surface area contributed by atoms with Gasteiger partial charge < -0.3 is 0 Å². The van der Waals surface area contributed by atoms with Crippen LogP contribution in [0.5, 0.6) is 0 Å². The summed E-state index contributed by atoms with van der Waals surface area (Å²) in [4.78, 5) is 0. The van der Waals surface area contributed by atoms with Crippen LogP contribution >= 0.6 is 34.8 Å². The summed E-state index contributed by atoms with van der Waals surface area (Å²) >= 11 is 16.8. The molecule has 0 fully saturated rings. The maximum atomic E-state index is 5.61. The molecule has 0 nitrogen and oxygen atoms in total. The molecule has 0 aromatic heterocycles. The Labute approximate surface area is 96.8 Å². The minimum atomic E-state index is 0. The van der Waals surface area contributed by atoms with Crippen molar-refractivity contribution in [2.45, 2.75) is 0 Å². The second kappa shape index (κ2) is 4.87. The predicted molar refractivity (Wildman–Crippen MR) is 48.6 cm³/mol. The Morgan fingerprint density at radius 1 is 0.900 bits per heavy atom. The SMILES string of the molecule is Clc1cccc(Cl)c1Cl.[NaH]. The summed E-state index contributed by atoms with van der Waals surface area (Å²) in [5.74, 6) is 0. The van der Waals surface area contributed by atoms with Crippen molar-refractivity contribution in [1.29, 1.82) is 0 Å². The molecule has 0 bridgehead atoms. The van der Waals surface area contributed by atoms with E-state index in [1.165, 1.54) is 0 Å². The average molecular weight is 205 g/mol. The molecule has 0 atom stereocenters. The van der Waals surface area contributed by atoms with Gasteiger partial charge in [0.1, 0.15) is 0 Å². The van der Waals surface area contributed by atoms with Gasteiger partial charge in [0, 0.05) is 0 Å². The first-order valence-corrected chi connectivity index (χ1v) is 3.44. The molecule has 1 aromatic rings. The summed E-state index contributed by atoms with van der Waals surface area (Å²) in [6, 6.07) is 5.13. The summed E-state index contributed by atoms with van der Waals surface area (Å²) in [5.41, 5.74) is 0. The van der Waals surface area contributed by atoms with Gasteiger partial charge >= 0.3 is 29.6 Å². The van der Waals surface area contributed by atoms with Crippen LogP contribution in [0.15, 0.2) is 18.2 Å². The van der Waals surface area contributed by atoms with Crippen LogP contribution < -0.4 is 0 Å². The molecule has 0 N–H and O–H groups in total. The second-order valence-corrected chi connectivity index (χ2v) is 2.73. The van der Waals surface area contributed by atoms with E-state index >= 15 is 0 Å². The molecule has 4 heteroatoms. The molecule has 0 unspecified atom stereocenters. The first kappa shape index (κ1) is 11.1. The van der Waals surface area contributed by atoms with Gasteiger partial charge in [0.25, 0.3) is 0 Å². The Kier molecular flexibility index (Phi) is 5.40. The molecule has 0 heterocycles. The summed E-state index contributed by atoms with van der Waals surface area (Å²) in [7, 11) is 0. The number of halogens is 3. The fourth-order valence-electron chi connectivity index (χ4n) is 0.477. The van der Waals surface area contributed by atoms with E-state index < -0.39 is 0 Å². The molecule has 0 amide bonds. The number of hydrogen-bond acceptors (Lipinski definition) is 0. The van der Waals surface area contributed by atoms with Crippen LogP contribution in [0, 0.1) is 0 Å². The third kappa shape index (κ3) is 2.61. The van der Waals surface area contributed by atoms with Gasteiger partial charge in [-0.05, 0) is 12.1 Å². The van der Waals surface area contributed by atoms with Crippen molar-refractivity contribution in [2.24, 2.45) is 0 Å². The van der Waals surface area contributed by atoms with Gasteiger partial charge in [-0.15, -0.1) is 0 Å². The van der Waals surface area contributed by atoms with E-state index in [0.29, 0.717) is 15.1 Å². The van der Waals surface area contributed by atoms with Crippen molar-refractivity contribution in [3.8, 4) is 0 Å². The first-order chi connectivity index (χ1) is 4.22. The van der Waals surface area contributed by atoms with E-state index in [-0.39, 0.29) is 29.6 Å². The Morgan fingerprint density at radius 2 is 1.30 bits per heavy atom. The minimum absolute atomic E-state index is 0. The zero-order valence-corrected chi connectivity index (χ0v) is 6.63. The molecule has 0 spiro atoms. The van der Waals surface area contributed by atoms with Crippen LogP contribution in [0.25, 0.3) is 0 Å². The van der Waals surface area contributed by atoms with Gasteiger partial charge in [-0.2, -0.15) is 0 Å². The molecule has 50 valence electrons. The Balaban J connectivity index is 0.000000810. The van der Waals surface area contributed by atoms with Crippen molar-refractivity contribution < 1.29 is 0 Å². The normalized spacial score (nSPS) is 8.70. The zero-order valence-electron chi connectivity index (χ0n) is 4.37. The van der Waals surface area contributed by atoms with E-state index in [1.807, 2.05) is 0 Å². The van der Waals surface area contributed by atoms with Crippen LogP contribution in [-0.4, -0.2) is 29.6 Å². The van der Waals surface area contributed by atoms with Crippen molar-refractivity contribution in [1.82, 2.24) is 0 Å². The van der Waals surface area contributed by atoms with Gasteiger partial charge in [-0.1, -0.05) is 40.9 Å². The Bertz CT molecular complexity index is 204. The molecular formula is C6H4Cl3Na. The number of hydrogen-bond donors (Lipinski definition) is 0. The summed E-state index contributed by atoms with van der Waals surface area (Å²) in [5, 5.41) is 1.40. The van der Waals surface area contributed by atoms with Gasteiger partial charge in [0.2, 0.25) is 0 Å². The van der Waals surface area contributed by atoms with Crippen LogP contribution in [0.2, 0.25) is 15.1 Å². The Morgan fingerprint density at radius 3 is 1.60 bits per heavy atom. The topological polar surface area (TPSA) is 0 Å². The molecule has 0 aliphatic rings. The molecular weight excluding hydrogens is 201 g/mol.